The van der Waals surface area contributed by atoms with Crippen molar-refractivity contribution in [3.8, 4) is 5.75 Å². The first-order valence-corrected chi connectivity index (χ1v) is 6.74. The molecular weight excluding hydrogens is 268 g/mol. The molecule has 0 spiro atoms. The molecule has 0 aliphatic carbocycles. The van der Waals surface area contributed by atoms with Gasteiger partial charge in [-0.2, -0.15) is 0 Å². The smallest absolute Gasteiger partial charge is 0.339 e. The fourth-order valence-electron chi connectivity index (χ4n) is 1.99. The van der Waals surface area contributed by atoms with E-state index in [-0.39, 0.29) is 12.2 Å². The second kappa shape index (κ2) is 6.35. The summed E-state index contributed by atoms with van der Waals surface area (Å²) in [4.78, 5) is 18.8. The maximum atomic E-state index is 11.1. The van der Waals surface area contributed by atoms with Crippen molar-refractivity contribution in [3.05, 3.63) is 53.1 Å². The van der Waals surface area contributed by atoms with Gasteiger partial charge in [-0.25, -0.2) is 14.8 Å². The number of hydrogen-bond acceptors (Lipinski definition) is 4. The number of aromatic nitrogens is 2. The molecule has 2 aromatic rings. The van der Waals surface area contributed by atoms with Crippen LogP contribution in [0.15, 0.2) is 30.7 Å². The van der Waals surface area contributed by atoms with Gasteiger partial charge in [-0.05, 0) is 36.1 Å². The molecule has 21 heavy (non-hydrogen) atoms. The summed E-state index contributed by atoms with van der Waals surface area (Å²) in [6, 6.07) is 6.01. The van der Waals surface area contributed by atoms with E-state index in [2.05, 4.69) is 29.9 Å². The SMILES string of the molecule is Cc1cc(OCc2ncncc2C(=O)O)cc(C(C)C)c1. The number of nitrogens with zero attached hydrogens (tertiary/aromatic N) is 2. The average molecular weight is 286 g/mol. The molecule has 0 amide bonds. The Morgan fingerprint density at radius 3 is 2.76 bits per heavy atom. The monoisotopic (exact) mass is 286 g/mol. The van der Waals surface area contributed by atoms with Gasteiger partial charge < -0.3 is 9.84 Å². The van der Waals surface area contributed by atoms with Crippen molar-refractivity contribution in [3.63, 3.8) is 0 Å². The number of hydrogen-bond donors (Lipinski definition) is 1. The van der Waals surface area contributed by atoms with Gasteiger partial charge in [0.25, 0.3) is 0 Å². The van der Waals surface area contributed by atoms with Gasteiger partial charge in [0.2, 0.25) is 0 Å². The molecule has 0 aliphatic rings. The van der Waals surface area contributed by atoms with Crippen molar-refractivity contribution in [2.75, 3.05) is 0 Å². The van der Waals surface area contributed by atoms with Gasteiger partial charge >= 0.3 is 5.97 Å². The summed E-state index contributed by atoms with van der Waals surface area (Å²) in [6.45, 7) is 6.34. The van der Waals surface area contributed by atoms with Crippen LogP contribution in [0.1, 0.15) is 46.9 Å². The highest BCUT2D eigenvalue weighted by molar-refractivity contribution is 5.88. The van der Waals surface area contributed by atoms with Gasteiger partial charge in [0.1, 0.15) is 24.2 Å². The number of benzene rings is 1. The van der Waals surface area contributed by atoms with Crippen molar-refractivity contribution in [1.29, 1.82) is 0 Å². The predicted octanol–water partition coefficient (Wildman–Crippen LogP) is 3.19. The van der Waals surface area contributed by atoms with Crippen LogP contribution in [0, 0.1) is 6.92 Å². The normalized spacial score (nSPS) is 10.7. The summed E-state index contributed by atoms with van der Waals surface area (Å²) in [5.74, 6) is 0.0656. The third-order valence-corrected chi connectivity index (χ3v) is 3.14. The lowest BCUT2D eigenvalue weighted by molar-refractivity contribution is 0.0692. The third kappa shape index (κ3) is 3.78. The molecule has 1 N–H and O–H groups in total. The quantitative estimate of drug-likeness (QED) is 0.913. The number of carbonyl (C=O) groups is 1. The number of aromatic carboxylic acids is 1. The summed E-state index contributed by atoms with van der Waals surface area (Å²) in [5, 5.41) is 9.09. The van der Waals surface area contributed by atoms with Crippen LogP contribution in [0.25, 0.3) is 0 Å². The van der Waals surface area contributed by atoms with Crippen LogP contribution in [0.5, 0.6) is 5.75 Å². The summed E-state index contributed by atoms with van der Waals surface area (Å²) in [6.07, 6.45) is 2.60. The van der Waals surface area contributed by atoms with E-state index < -0.39 is 5.97 Å². The zero-order chi connectivity index (χ0) is 15.4. The number of carboxylic acid groups (broad SMARTS) is 1. The maximum Gasteiger partial charge on any atom is 0.339 e. The van der Waals surface area contributed by atoms with Crippen LogP contribution >= 0.6 is 0 Å². The van der Waals surface area contributed by atoms with Gasteiger partial charge in [0.15, 0.2) is 0 Å². The molecule has 5 heteroatoms. The minimum absolute atomic E-state index is 0.0641. The van der Waals surface area contributed by atoms with Crippen molar-refractivity contribution in [2.45, 2.75) is 33.3 Å². The van der Waals surface area contributed by atoms with E-state index in [1.165, 1.54) is 18.1 Å². The van der Waals surface area contributed by atoms with E-state index in [4.69, 9.17) is 9.84 Å². The van der Waals surface area contributed by atoms with Crippen molar-refractivity contribution >= 4 is 5.97 Å². The fourth-order valence-corrected chi connectivity index (χ4v) is 1.99. The Kier molecular flexibility index (Phi) is 4.52. The van der Waals surface area contributed by atoms with Crippen molar-refractivity contribution < 1.29 is 14.6 Å². The summed E-state index contributed by atoms with van der Waals surface area (Å²) in [5.41, 5.74) is 2.72. The maximum absolute atomic E-state index is 11.1. The van der Waals surface area contributed by atoms with Gasteiger partial charge in [-0.3, -0.25) is 0 Å². The minimum Gasteiger partial charge on any atom is -0.487 e. The molecule has 110 valence electrons. The molecule has 0 unspecified atom stereocenters. The Balaban J connectivity index is 2.19. The molecule has 0 radical (unpaired) electrons. The predicted molar refractivity (Wildman–Crippen MR) is 78.6 cm³/mol. The molecule has 0 bridgehead atoms. The Hall–Kier alpha value is -2.43. The third-order valence-electron chi connectivity index (χ3n) is 3.14. The Bertz CT molecular complexity index is 654. The van der Waals surface area contributed by atoms with E-state index in [9.17, 15) is 4.79 Å². The molecule has 1 aromatic heterocycles. The molecule has 1 heterocycles. The van der Waals surface area contributed by atoms with Crippen LogP contribution in [0.4, 0.5) is 0 Å². The molecular formula is C16H18N2O3. The molecule has 1 aromatic carbocycles. The molecule has 0 saturated carbocycles. The molecule has 0 aliphatic heterocycles. The van der Waals surface area contributed by atoms with Crippen LogP contribution in [-0.4, -0.2) is 21.0 Å². The van der Waals surface area contributed by atoms with Crippen LogP contribution in [0.3, 0.4) is 0 Å². The number of aryl methyl sites for hydroxylation is 1. The van der Waals surface area contributed by atoms with E-state index in [0.29, 0.717) is 17.4 Å². The molecule has 0 fully saturated rings. The van der Waals surface area contributed by atoms with Gasteiger partial charge in [-0.15, -0.1) is 0 Å². The fraction of sp³-hybridized carbons (Fsp3) is 0.312. The molecule has 0 atom stereocenters. The first kappa shape index (κ1) is 15.0. The zero-order valence-electron chi connectivity index (χ0n) is 12.3. The van der Waals surface area contributed by atoms with E-state index in [1.54, 1.807) is 0 Å². The highest BCUT2D eigenvalue weighted by Crippen LogP contribution is 2.23. The lowest BCUT2D eigenvalue weighted by Gasteiger charge is -2.12. The lowest BCUT2D eigenvalue weighted by Crippen LogP contribution is -2.08. The highest BCUT2D eigenvalue weighted by atomic mass is 16.5. The van der Waals surface area contributed by atoms with Crippen LogP contribution in [0.2, 0.25) is 0 Å². The van der Waals surface area contributed by atoms with E-state index in [1.807, 2.05) is 19.1 Å². The number of ether oxygens (including phenoxy) is 1. The Labute approximate surface area is 123 Å². The first-order chi connectivity index (χ1) is 9.97. The first-order valence-electron chi connectivity index (χ1n) is 6.74. The van der Waals surface area contributed by atoms with Crippen molar-refractivity contribution in [1.82, 2.24) is 9.97 Å². The van der Waals surface area contributed by atoms with Crippen LogP contribution in [-0.2, 0) is 6.61 Å². The second-order valence-electron chi connectivity index (χ2n) is 5.21. The minimum atomic E-state index is -1.05. The largest absolute Gasteiger partial charge is 0.487 e. The molecule has 2 rings (SSSR count). The topological polar surface area (TPSA) is 72.3 Å². The average Bonchev–Trinajstić information content (AvgIpc) is 2.44. The van der Waals surface area contributed by atoms with Gasteiger partial charge in [0, 0.05) is 6.20 Å². The zero-order valence-corrected chi connectivity index (χ0v) is 12.3. The van der Waals surface area contributed by atoms with Gasteiger partial charge in [-0.1, -0.05) is 19.9 Å². The summed E-state index contributed by atoms with van der Waals surface area (Å²) >= 11 is 0. The highest BCUT2D eigenvalue weighted by Gasteiger charge is 2.12. The van der Waals surface area contributed by atoms with Crippen molar-refractivity contribution in [2.24, 2.45) is 0 Å². The molecule has 0 saturated heterocycles. The molecule has 5 nitrogen and oxygen atoms in total. The standard InChI is InChI=1S/C16H18N2O3/c1-10(2)12-4-11(3)5-13(6-12)21-8-15-14(16(19)20)7-17-9-18-15/h4-7,9-10H,8H2,1-3H3,(H,19,20). The lowest BCUT2D eigenvalue weighted by atomic mass is 10.0. The second-order valence-corrected chi connectivity index (χ2v) is 5.21. The number of rotatable bonds is 5. The Morgan fingerprint density at radius 1 is 1.33 bits per heavy atom. The Morgan fingerprint density at radius 2 is 2.10 bits per heavy atom. The summed E-state index contributed by atoms with van der Waals surface area (Å²) in [7, 11) is 0. The van der Waals surface area contributed by atoms with E-state index >= 15 is 0 Å². The summed E-state index contributed by atoms with van der Waals surface area (Å²) < 4.78 is 5.70. The van der Waals surface area contributed by atoms with E-state index in [0.717, 1.165) is 5.56 Å². The number of carboxylic acids is 1. The van der Waals surface area contributed by atoms with Crippen LogP contribution < -0.4 is 4.74 Å². The van der Waals surface area contributed by atoms with Gasteiger partial charge in [0.05, 0.1) is 5.69 Å².